The average molecular weight is 220 g/mol. The third kappa shape index (κ3) is 2.83. The van der Waals surface area contributed by atoms with Gasteiger partial charge in [-0.25, -0.2) is 0 Å². The van der Waals surface area contributed by atoms with E-state index in [4.69, 9.17) is 0 Å². The number of nitrogens with zero attached hydrogens (tertiary/aromatic N) is 1. The quantitative estimate of drug-likeness (QED) is 0.839. The second-order valence-corrected chi connectivity index (χ2v) is 4.19. The van der Waals surface area contributed by atoms with Crippen molar-refractivity contribution < 1.29 is 4.79 Å². The number of likely N-dealkylation sites (N-methyl/N-ethyl adjacent to an activating group) is 2. The SMILES string of the molecule is CNC(=O)C(c1ccccc1)N(C)C(C)C. The van der Waals surface area contributed by atoms with Gasteiger partial charge in [-0.2, -0.15) is 0 Å². The number of benzene rings is 1. The van der Waals surface area contributed by atoms with E-state index in [1.54, 1.807) is 7.05 Å². The van der Waals surface area contributed by atoms with Gasteiger partial charge in [-0.3, -0.25) is 9.69 Å². The molecule has 0 bridgehead atoms. The molecule has 1 unspecified atom stereocenters. The number of hydrogen-bond donors (Lipinski definition) is 1. The minimum Gasteiger partial charge on any atom is -0.358 e. The maximum absolute atomic E-state index is 11.9. The summed E-state index contributed by atoms with van der Waals surface area (Å²) in [5, 5.41) is 2.72. The summed E-state index contributed by atoms with van der Waals surface area (Å²) < 4.78 is 0. The maximum Gasteiger partial charge on any atom is 0.241 e. The second-order valence-electron chi connectivity index (χ2n) is 4.19. The molecule has 1 rings (SSSR count). The van der Waals surface area contributed by atoms with E-state index in [1.165, 1.54) is 0 Å². The second kappa shape index (κ2) is 5.66. The Bertz CT molecular complexity index is 335. The molecule has 1 aromatic carbocycles. The van der Waals surface area contributed by atoms with E-state index in [2.05, 4.69) is 24.1 Å². The van der Waals surface area contributed by atoms with Crippen LogP contribution in [0.2, 0.25) is 0 Å². The van der Waals surface area contributed by atoms with Gasteiger partial charge in [0.25, 0.3) is 0 Å². The molecular formula is C13H20N2O. The zero-order valence-electron chi connectivity index (χ0n) is 10.4. The van der Waals surface area contributed by atoms with Crippen LogP contribution < -0.4 is 5.32 Å². The van der Waals surface area contributed by atoms with E-state index in [-0.39, 0.29) is 11.9 Å². The van der Waals surface area contributed by atoms with E-state index in [1.807, 2.05) is 37.4 Å². The van der Waals surface area contributed by atoms with Gasteiger partial charge in [-0.1, -0.05) is 30.3 Å². The molecule has 0 aromatic heterocycles. The molecule has 3 heteroatoms. The zero-order valence-corrected chi connectivity index (χ0v) is 10.4. The molecule has 16 heavy (non-hydrogen) atoms. The highest BCUT2D eigenvalue weighted by atomic mass is 16.2. The molecule has 88 valence electrons. The van der Waals surface area contributed by atoms with Crippen LogP contribution in [0.5, 0.6) is 0 Å². The van der Waals surface area contributed by atoms with Crippen molar-refractivity contribution in [2.75, 3.05) is 14.1 Å². The van der Waals surface area contributed by atoms with E-state index in [0.717, 1.165) is 5.56 Å². The van der Waals surface area contributed by atoms with Crippen LogP contribution >= 0.6 is 0 Å². The van der Waals surface area contributed by atoms with Gasteiger partial charge < -0.3 is 5.32 Å². The fourth-order valence-corrected chi connectivity index (χ4v) is 1.64. The van der Waals surface area contributed by atoms with Crippen molar-refractivity contribution in [3.8, 4) is 0 Å². The molecule has 0 fully saturated rings. The zero-order chi connectivity index (χ0) is 12.1. The number of nitrogens with one attached hydrogen (secondary N) is 1. The molecule has 1 atom stereocenters. The van der Waals surface area contributed by atoms with Gasteiger partial charge in [-0.05, 0) is 26.5 Å². The van der Waals surface area contributed by atoms with Crippen molar-refractivity contribution in [3.05, 3.63) is 35.9 Å². The predicted octanol–water partition coefficient (Wildman–Crippen LogP) is 1.81. The number of rotatable bonds is 4. The van der Waals surface area contributed by atoms with Crippen molar-refractivity contribution in [3.63, 3.8) is 0 Å². The van der Waals surface area contributed by atoms with Crippen LogP contribution in [0.25, 0.3) is 0 Å². The molecule has 3 nitrogen and oxygen atoms in total. The van der Waals surface area contributed by atoms with Crippen LogP contribution in [0.15, 0.2) is 30.3 Å². The lowest BCUT2D eigenvalue weighted by molar-refractivity contribution is -0.126. The Kier molecular flexibility index (Phi) is 4.50. The van der Waals surface area contributed by atoms with Crippen LogP contribution in [-0.2, 0) is 4.79 Å². The van der Waals surface area contributed by atoms with E-state index >= 15 is 0 Å². The summed E-state index contributed by atoms with van der Waals surface area (Å²) in [4.78, 5) is 14.0. The predicted molar refractivity (Wildman–Crippen MR) is 66.1 cm³/mol. The van der Waals surface area contributed by atoms with Crippen LogP contribution in [-0.4, -0.2) is 30.9 Å². The van der Waals surface area contributed by atoms with Crippen LogP contribution in [0.3, 0.4) is 0 Å². The summed E-state index contributed by atoms with van der Waals surface area (Å²) in [7, 11) is 3.64. The smallest absolute Gasteiger partial charge is 0.241 e. The molecule has 1 N–H and O–H groups in total. The van der Waals surface area contributed by atoms with Crippen LogP contribution in [0, 0.1) is 0 Å². The van der Waals surface area contributed by atoms with Crippen molar-refractivity contribution in [2.45, 2.75) is 25.9 Å². The molecule has 0 radical (unpaired) electrons. The molecule has 1 amide bonds. The highest BCUT2D eigenvalue weighted by Gasteiger charge is 2.25. The maximum atomic E-state index is 11.9. The van der Waals surface area contributed by atoms with Gasteiger partial charge in [0.1, 0.15) is 6.04 Å². The largest absolute Gasteiger partial charge is 0.358 e. The molecule has 0 saturated carbocycles. The van der Waals surface area contributed by atoms with Gasteiger partial charge in [0.15, 0.2) is 0 Å². The summed E-state index contributed by atoms with van der Waals surface area (Å²) in [6, 6.07) is 9.95. The Morgan fingerprint density at radius 2 is 1.81 bits per heavy atom. The molecule has 0 spiro atoms. The molecule has 0 aliphatic heterocycles. The lowest BCUT2D eigenvalue weighted by Gasteiger charge is -2.30. The third-order valence-electron chi connectivity index (χ3n) is 2.83. The first-order chi connectivity index (χ1) is 7.57. The Morgan fingerprint density at radius 3 is 2.25 bits per heavy atom. The first kappa shape index (κ1) is 12.7. The van der Waals surface area contributed by atoms with Gasteiger partial charge in [-0.15, -0.1) is 0 Å². The highest BCUT2D eigenvalue weighted by molar-refractivity contribution is 5.82. The third-order valence-corrected chi connectivity index (χ3v) is 2.83. The first-order valence-corrected chi connectivity index (χ1v) is 5.56. The van der Waals surface area contributed by atoms with Crippen molar-refractivity contribution >= 4 is 5.91 Å². The van der Waals surface area contributed by atoms with Crippen molar-refractivity contribution in [1.29, 1.82) is 0 Å². The molecule has 1 aromatic rings. The average Bonchev–Trinajstić information content (AvgIpc) is 2.30. The van der Waals surface area contributed by atoms with E-state index in [9.17, 15) is 4.79 Å². The number of amides is 1. The number of carbonyl (C=O) groups is 1. The number of hydrogen-bond acceptors (Lipinski definition) is 2. The molecular weight excluding hydrogens is 200 g/mol. The van der Waals surface area contributed by atoms with Crippen LogP contribution in [0.4, 0.5) is 0 Å². The molecule has 0 saturated heterocycles. The van der Waals surface area contributed by atoms with E-state index < -0.39 is 0 Å². The topological polar surface area (TPSA) is 32.3 Å². The first-order valence-electron chi connectivity index (χ1n) is 5.56. The molecule has 0 heterocycles. The van der Waals surface area contributed by atoms with Crippen molar-refractivity contribution in [1.82, 2.24) is 10.2 Å². The Morgan fingerprint density at radius 1 is 1.25 bits per heavy atom. The molecule has 0 aliphatic carbocycles. The fraction of sp³-hybridized carbons (Fsp3) is 0.462. The highest BCUT2D eigenvalue weighted by Crippen LogP contribution is 2.21. The Hall–Kier alpha value is -1.35. The summed E-state index contributed by atoms with van der Waals surface area (Å²) >= 11 is 0. The van der Waals surface area contributed by atoms with Crippen molar-refractivity contribution in [2.24, 2.45) is 0 Å². The minimum atomic E-state index is -0.216. The summed E-state index contributed by atoms with van der Waals surface area (Å²) in [5.41, 5.74) is 1.03. The van der Waals surface area contributed by atoms with Gasteiger partial charge in [0.2, 0.25) is 5.91 Å². The Labute approximate surface area is 97.5 Å². The summed E-state index contributed by atoms with van der Waals surface area (Å²) in [6.07, 6.45) is 0. The summed E-state index contributed by atoms with van der Waals surface area (Å²) in [5.74, 6) is 0.0300. The van der Waals surface area contributed by atoms with Gasteiger partial charge >= 0.3 is 0 Å². The summed E-state index contributed by atoms with van der Waals surface area (Å²) in [6.45, 7) is 4.16. The monoisotopic (exact) mass is 220 g/mol. The Balaban J connectivity index is 3.01. The fourth-order valence-electron chi connectivity index (χ4n) is 1.64. The normalized spacial score (nSPS) is 12.9. The lowest BCUT2D eigenvalue weighted by atomic mass is 10.0. The van der Waals surface area contributed by atoms with Gasteiger partial charge in [0, 0.05) is 13.1 Å². The molecule has 0 aliphatic rings. The lowest BCUT2D eigenvalue weighted by Crippen LogP contribution is -2.40. The van der Waals surface area contributed by atoms with E-state index in [0.29, 0.717) is 6.04 Å². The standard InChI is InChI=1S/C13H20N2O/c1-10(2)15(4)12(13(16)14-3)11-8-6-5-7-9-11/h5-10,12H,1-4H3,(H,14,16). The van der Waals surface area contributed by atoms with Gasteiger partial charge in [0.05, 0.1) is 0 Å². The minimum absolute atomic E-state index is 0.0300. The number of carbonyl (C=O) groups excluding carboxylic acids is 1. The van der Waals surface area contributed by atoms with Crippen LogP contribution in [0.1, 0.15) is 25.5 Å².